The predicted octanol–water partition coefficient (Wildman–Crippen LogP) is 3.16. The summed E-state index contributed by atoms with van der Waals surface area (Å²) < 4.78 is 11.2. The Hall–Kier alpha value is -2.50. The van der Waals surface area contributed by atoms with Crippen LogP contribution in [-0.2, 0) is 21.4 Å². The monoisotopic (exact) mass is 372 g/mol. The highest BCUT2D eigenvalue weighted by atomic mass is 16.5. The maximum atomic E-state index is 13.3. The minimum atomic E-state index is -0.916. The number of fused-ring (bicyclic) bond motifs is 4. The second-order valence-electron chi connectivity index (χ2n) is 8.51. The standard InChI is InChI=1S/C21H24O6/c1-9-8-10-14(23)12-13(16(25)17(10)27-9)21(4)7-6-11(22)20(2,3)19(21)18(26-5)15(12)24/h9,23,25H,6-8H2,1-5H3/t9-,21+/m0/s1. The van der Waals surface area contributed by atoms with Gasteiger partial charge in [-0.25, -0.2) is 0 Å². The molecule has 2 aliphatic carbocycles. The number of rotatable bonds is 1. The van der Waals surface area contributed by atoms with Gasteiger partial charge in [-0.1, -0.05) is 6.92 Å². The fourth-order valence-corrected chi connectivity index (χ4v) is 5.19. The smallest absolute Gasteiger partial charge is 0.231 e. The summed E-state index contributed by atoms with van der Waals surface area (Å²) in [4.78, 5) is 25.9. The zero-order valence-electron chi connectivity index (χ0n) is 16.2. The molecule has 0 saturated heterocycles. The van der Waals surface area contributed by atoms with Crippen LogP contribution in [0.15, 0.2) is 11.3 Å². The number of hydrogen-bond acceptors (Lipinski definition) is 6. The molecule has 1 fully saturated rings. The van der Waals surface area contributed by atoms with Crippen LogP contribution in [0.4, 0.5) is 0 Å². The third kappa shape index (κ3) is 2.01. The van der Waals surface area contributed by atoms with Crippen molar-refractivity contribution in [2.24, 2.45) is 5.41 Å². The molecule has 6 nitrogen and oxygen atoms in total. The number of benzene rings is 1. The van der Waals surface area contributed by atoms with Crippen LogP contribution in [0.2, 0.25) is 0 Å². The second kappa shape index (κ2) is 5.27. The molecular weight excluding hydrogens is 348 g/mol. The highest BCUT2D eigenvalue weighted by Gasteiger charge is 2.56. The number of ketones is 2. The number of hydrogen-bond donors (Lipinski definition) is 2. The number of phenolic OH excluding ortho intramolecular Hbond substituents is 2. The van der Waals surface area contributed by atoms with Crippen LogP contribution in [0.5, 0.6) is 17.2 Å². The zero-order valence-corrected chi connectivity index (χ0v) is 16.2. The first-order valence-electron chi connectivity index (χ1n) is 9.20. The minimum Gasteiger partial charge on any atom is -0.507 e. The molecule has 144 valence electrons. The van der Waals surface area contributed by atoms with Crippen LogP contribution in [-0.4, -0.2) is 35.0 Å². The van der Waals surface area contributed by atoms with Crippen molar-refractivity contribution in [1.29, 1.82) is 0 Å². The van der Waals surface area contributed by atoms with E-state index in [1.165, 1.54) is 7.11 Å². The Labute approximate surface area is 157 Å². The molecule has 0 spiro atoms. The van der Waals surface area contributed by atoms with Crippen LogP contribution in [0.3, 0.4) is 0 Å². The van der Waals surface area contributed by atoms with Gasteiger partial charge in [0.05, 0.1) is 12.7 Å². The number of phenols is 2. The van der Waals surface area contributed by atoms with Gasteiger partial charge in [0.1, 0.15) is 17.6 Å². The van der Waals surface area contributed by atoms with Gasteiger partial charge in [0, 0.05) is 34.8 Å². The number of carbonyl (C=O) groups is 2. The quantitative estimate of drug-likeness (QED) is 0.736. The summed E-state index contributed by atoms with van der Waals surface area (Å²) in [6.45, 7) is 7.29. The largest absolute Gasteiger partial charge is 0.507 e. The zero-order chi connectivity index (χ0) is 19.9. The summed E-state index contributed by atoms with van der Waals surface area (Å²) in [5.41, 5.74) is -0.322. The van der Waals surface area contributed by atoms with Gasteiger partial charge in [0.15, 0.2) is 17.3 Å². The van der Waals surface area contributed by atoms with Crippen LogP contribution < -0.4 is 4.74 Å². The highest BCUT2D eigenvalue weighted by molar-refractivity contribution is 6.15. The minimum absolute atomic E-state index is 0.0236. The van der Waals surface area contributed by atoms with Crippen molar-refractivity contribution < 1.29 is 29.3 Å². The number of Topliss-reactive ketones (excluding diaryl/α,β-unsaturated/α-hetero) is 2. The lowest BCUT2D eigenvalue weighted by Gasteiger charge is -2.48. The molecule has 0 bridgehead atoms. The summed E-state index contributed by atoms with van der Waals surface area (Å²) >= 11 is 0. The lowest BCUT2D eigenvalue weighted by atomic mass is 9.54. The topological polar surface area (TPSA) is 93.1 Å². The molecule has 1 aromatic carbocycles. The lowest BCUT2D eigenvalue weighted by Crippen LogP contribution is -2.48. The van der Waals surface area contributed by atoms with E-state index in [4.69, 9.17) is 9.47 Å². The molecule has 3 aliphatic rings. The third-order valence-electron chi connectivity index (χ3n) is 6.45. The first kappa shape index (κ1) is 17.9. The molecule has 6 heteroatoms. The van der Waals surface area contributed by atoms with Gasteiger partial charge in [-0.15, -0.1) is 0 Å². The fraction of sp³-hybridized carbons (Fsp3) is 0.524. The van der Waals surface area contributed by atoms with Gasteiger partial charge in [-0.05, 0) is 32.8 Å². The maximum Gasteiger partial charge on any atom is 0.231 e. The van der Waals surface area contributed by atoms with E-state index in [1.807, 2.05) is 13.8 Å². The SMILES string of the molecule is COC1=C2C(C)(C)C(=O)CC[C@]2(C)c2c(O)c3c(c(O)c2C1=O)C[C@H](C)O3. The molecule has 2 N–H and O–H groups in total. The average Bonchev–Trinajstić information content (AvgIpc) is 3.00. The molecule has 1 aromatic rings. The number of methoxy groups -OCH3 is 1. The Morgan fingerprint density at radius 1 is 1.15 bits per heavy atom. The van der Waals surface area contributed by atoms with Gasteiger partial charge < -0.3 is 19.7 Å². The van der Waals surface area contributed by atoms with Crippen molar-refractivity contribution >= 4 is 11.6 Å². The number of ether oxygens (including phenoxy) is 2. The van der Waals surface area contributed by atoms with E-state index in [-0.39, 0.29) is 40.5 Å². The van der Waals surface area contributed by atoms with E-state index < -0.39 is 16.6 Å². The first-order chi connectivity index (χ1) is 12.6. The second-order valence-corrected chi connectivity index (χ2v) is 8.51. The van der Waals surface area contributed by atoms with E-state index in [1.54, 1.807) is 13.8 Å². The lowest BCUT2D eigenvalue weighted by molar-refractivity contribution is -0.127. The van der Waals surface area contributed by atoms with Crippen LogP contribution in [0.1, 0.15) is 62.0 Å². The number of aromatic hydroxyl groups is 2. The molecule has 0 radical (unpaired) electrons. The molecule has 1 saturated carbocycles. The van der Waals surface area contributed by atoms with E-state index >= 15 is 0 Å². The van der Waals surface area contributed by atoms with Crippen molar-refractivity contribution in [2.45, 2.75) is 58.5 Å². The van der Waals surface area contributed by atoms with Crippen LogP contribution >= 0.6 is 0 Å². The molecule has 4 rings (SSSR count). The Balaban J connectivity index is 2.12. The van der Waals surface area contributed by atoms with E-state index in [2.05, 4.69) is 0 Å². The molecule has 1 heterocycles. The Morgan fingerprint density at radius 3 is 2.44 bits per heavy atom. The number of carbonyl (C=O) groups excluding carboxylic acids is 2. The highest BCUT2D eigenvalue weighted by Crippen LogP contribution is 2.61. The first-order valence-corrected chi connectivity index (χ1v) is 9.20. The summed E-state index contributed by atoms with van der Waals surface area (Å²) in [6, 6.07) is 0. The summed E-state index contributed by atoms with van der Waals surface area (Å²) in [5, 5.41) is 22.0. The van der Waals surface area contributed by atoms with E-state index in [0.717, 1.165) is 0 Å². The number of allylic oxidation sites excluding steroid dienone is 2. The predicted molar refractivity (Wildman–Crippen MR) is 97.3 cm³/mol. The van der Waals surface area contributed by atoms with Crippen molar-refractivity contribution in [2.75, 3.05) is 7.11 Å². The Kier molecular flexibility index (Phi) is 3.49. The summed E-state index contributed by atoms with van der Waals surface area (Å²) in [6.07, 6.45) is 0.933. The van der Waals surface area contributed by atoms with Crippen molar-refractivity contribution in [3.8, 4) is 17.2 Å². The van der Waals surface area contributed by atoms with Gasteiger partial charge in [0.25, 0.3) is 0 Å². The van der Waals surface area contributed by atoms with E-state index in [0.29, 0.717) is 36.0 Å². The van der Waals surface area contributed by atoms with E-state index in [9.17, 15) is 19.8 Å². The van der Waals surface area contributed by atoms with Crippen LogP contribution in [0, 0.1) is 5.41 Å². The Bertz CT molecular complexity index is 939. The molecule has 27 heavy (non-hydrogen) atoms. The molecule has 0 amide bonds. The van der Waals surface area contributed by atoms with Gasteiger partial charge >= 0.3 is 0 Å². The van der Waals surface area contributed by atoms with Crippen molar-refractivity contribution in [3.05, 3.63) is 28.0 Å². The Morgan fingerprint density at radius 2 is 1.81 bits per heavy atom. The summed E-state index contributed by atoms with van der Waals surface area (Å²) in [7, 11) is 1.40. The summed E-state index contributed by atoms with van der Waals surface area (Å²) in [5.74, 6) is -0.423. The molecule has 2 atom stereocenters. The average molecular weight is 372 g/mol. The van der Waals surface area contributed by atoms with Crippen molar-refractivity contribution in [1.82, 2.24) is 0 Å². The molecule has 0 unspecified atom stereocenters. The van der Waals surface area contributed by atoms with Gasteiger partial charge in [0.2, 0.25) is 5.78 Å². The normalized spacial score (nSPS) is 28.4. The van der Waals surface area contributed by atoms with Crippen LogP contribution in [0.25, 0.3) is 0 Å². The molecule has 0 aromatic heterocycles. The van der Waals surface area contributed by atoms with Crippen molar-refractivity contribution in [3.63, 3.8) is 0 Å². The van der Waals surface area contributed by atoms with Gasteiger partial charge in [-0.2, -0.15) is 0 Å². The molecular formula is C21H24O6. The van der Waals surface area contributed by atoms with Gasteiger partial charge in [-0.3, -0.25) is 9.59 Å². The molecule has 1 aliphatic heterocycles. The third-order valence-corrected chi connectivity index (χ3v) is 6.45. The fourth-order valence-electron chi connectivity index (χ4n) is 5.19. The maximum absolute atomic E-state index is 13.3.